The Balaban J connectivity index is 0.000000265. The van der Waals surface area contributed by atoms with Crippen LogP contribution in [0.2, 0.25) is 5.02 Å². The summed E-state index contributed by atoms with van der Waals surface area (Å²) in [6, 6.07) is 20.4. The van der Waals surface area contributed by atoms with Crippen molar-refractivity contribution in [3.8, 4) is 0 Å². The number of rotatable bonds is 3. The molecule has 152 valence electrons. The topological polar surface area (TPSA) is 57.6 Å². The standard InChI is InChI=1S/C18H14FNO3.C6H5Cl/c19-13-4-5-15-14(9-13)18(6-7-18)17(23)20(15)10-11-2-1-3-12(8-11)16(21)22;7-6-4-2-1-3-5-6/h1-5,8-9H,6-7,10H2,(H,21,22);1-5H. The van der Waals surface area contributed by atoms with E-state index in [1.54, 1.807) is 29.2 Å². The number of carbonyl (C=O) groups is 2. The van der Waals surface area contributed by atoms with Gasteiger partial charge in [-0.1, -0.05) is 41.9 Å². The number of carbonyl (C=O) groups excluding carboxylic acids is 1. The number of hydrogen-bond donors (Lipinski definition) is 1. The molecule has 1 heterocycles. The Labute approximate surface area is 178 Å². The molecule has 3 aromatic rings. The Kier molecular flexibility index (Phi) is 5.31. The molecule has 1 amide bonds. The number of anilines is 1. The maximum atomic E-state index is 13.6. The summed E-state index contributed by atoms with van der Waals surface area (Å²) in [5.74, 6) is -1.35. The predicted octanol–water partition coefficient (Wildman–Crippen LogP) is 5.44. The Bertz CT molecular complexity index is 1110. The summed E-state index contributed by atoms with van der Waals surface area (Å²) >= 11 is 5.54. The molecule has 0 aromatic heterocycles. The van der Waals surface area contributed by atoms with Gasteiger partial charge in [-0.2, -0.15) is 0 Å². The van der Waals surface area contributed by atoms with Crippen LogP contribution >= 0.6 is 11.6 Å². The second-order valence-electron chi connectivity index (χ2n) is 7.44. The van der Waals surface area contributed by atoms with Crippen molar-refractivity contribution >= 4 is 29.2 Å². The number of amides is 1. The van der Waals surface area contributed by atoms with Crippen LogP contribution in [0.3, 0.4) is 0 Å². The number of aromatic carboxylic acids is 1. The zero-order valence-electron chi connectivity index (χ0n) is 16.0. The van der Waals surface area contributed by atoms with Crippen molar-refractivity contribution in [1.29, 1.82) is 0 Å². The van der Waals surface area contributed by atoms with Gasteiger partial charge in [-0.05, 0) is 66.4 Å². The molecule has 0 atom stereocenters. The van der Waals surface area contributed by atoms with Crippen molar-refractivity contribution in [2.75, 3.05) is 4.90 Å². The first-order valence-electron chi connectivity index (χ1n) is 9.55. The predicted molar refractivity (Wildman–Crippen MR) is 113 cm³/mol. The van der Waals surface area contributed by atoms with E-state index in [0.29, 0.717) is 6.54 Å². The molecule has 0 bridgehead atoms. The number of carboxylic acid groups (broad SMARTS) is 1. The molecule has 1 saturated carbocycles. The molecule has 30 heavy (non-hydrogen) atoms. The van der Waals surface area contributed by atoms with Gasteiger partial charge in [0.2, 0.25) is 5.91 Å². The lowest BCUT2D eigenvalue weighted by Gasteiger charge is -2.18. The highest BCUT2D eigenvalue weighted by atomic mass is 35.5. The number of nitrogens with zero attached hydrogens (tertiary/aromatic N) is 1. The molecule has 0 radical (unpaired) electrons. The normalized spacial score (nSPS) is 15.4. The molecular weight excluding hydrogens is 405 g/mol. The van der Waals surface area contributed by atoms with E-state index in [1.165, 1.54) is 18.2 Å². The number of halogens is 2. The highest BCUT2D eigenvalue weighted by Crippen LogP contribution is 2.57. The molecule has 6 heteroatoms. The van der Waals surface area contributed by atoms with Gasteiger partial charge in [0.15, 0.2) is 0 Å². The zero-order valence-corrected chi connectivity index (χ0v) is 16.8. The number of carboxylic acids is 1. The molecule has 4 nitrogen and oxygen atoms in total. The zero-order chi connectivity index (χ0) is 21.3. The molecule has 1 N–H and O–H groups in total. The first-order valence-corrected chi connectivity index (χ1v) is 9.93. The van der Waals surface area contributed by atoms with E-state index < -0.39 is 11.4 Å². The third-order valence-corrected chi connectivity index (χ3v) is 5.67. The van der Waals surface area contributed by atoms with Gasteiger partial charge in [-0.3, -0.25) is 4.79 Å². The molecule has 0 saturated heterocycles. The van der Waals surface area contributed by atoms with Crippen LogP contribution in [0.1, 0.15) is 34.3 Å². The number of benzene rings is 3. The minimum atomic E-state index is -0.999. The summed E-state index contributed by atoms with van der Waals surface area (Å²) in [6.07, 6.45) is 1.49. The fourth-order valence-corrected chi connectivity index (χ4v) is 3.92. The van der Waals surface area contributed by atoms with Crippen LogP contribution < -0.4 is 4.90 Å². The average Bonchev–Trinajstić information content (AvgIpc) is 3.51. The van der Waals surface area contributed by atoms with Gasteiger partial charge in [0.25, 0.3) is 0 Å². The summed E-state index contributed by atoms with van der Waals surface area (Å²) in [6.45, 7) is 0.292. The van der Waals surface area contributed by atoms with Crippen LogP contribution in [0, 0.1) is 5.82 Å². The lowest BCUT2D eigenvalue weighted by atomic mass is 9.98. The van der Waals surface area contributed by atoms with E-state index in [4.69, 9.17) is 16.7 Å². The van der Waals surface area contributed by atoms with Crippen LogP contribution in [-0.2, 0) is 16.8 Å². The molecule has 5 rings (SSSR count). The highest BCUT2D eigenvalue weighted by molar-refractivity contribution is 6.30. The molecule has 3 aromatic carbocycles. The largest absolute Gasteiger partial charge is 0.478 e. The Morgan fingerprint density at radius 2 is 1.77 bits per heavy atom. The quantitative estimate of drug-likeness (QED) is 0.610. The monoisotopic (exact) mass is 423 g/mol. The van der Waals surface area contributed by atoms with E-state index in [2.05, 4.69) is 0 Å². The van der Waals surface area contributed by atoms with E-state index in [1.807, 2.05) is 30.3 Å². The highest BCUT2D eigenvalue weighted by Gasteiger charge is 2.59. The lowest BCUT2D eigenvalue weighted by molar-refractivity contribution is -0.120. The van der Waals surface area contributed by atoms with E-state index in [0.717, 1.165) is 34.7 Å². The van der Waals surface area contributed by atoms with Crippen LogP contribution in [0.4, 0.5) is 10.1 Å². The van der Waals surface area contributed by atoms with Crippen molar-refractivity contribution in [2.45, 2.75) is 24.8 Å². The van der Waals surface area contributed by atoms with Crippen LogP contribution in [0.25, 0.3) is 0 Å². The van der Waals surface area contributed by atoms with Crippen LogP contribution in [-0.4, -0.2) is 17.0 Å². The van der Waals surface area contributed by atoms with Gasteiger partial charge in [-0.15, -0.1) is 0 Å². The van der Waals surface area contributed by atoms with Crippen molar-refractivity contribution < 1.29 is 19.1 Å². The van der Waals surface area contributed by atoms with E-state index >= 15 is 0 Å². The van der Waals surface area contributed by atoms with Gasteiger partial charge < -0.3 is 10.0 Å². The molecule has 2 aliphatic rings. The van der Waals surface area contributed by atoms with Gasteiger partial charge in [0.05, 0.1) is 17.5 Å². The smallest absolute Gasteiger partial charge is 0.335 e. The van der Waals surface area contributed by atoms with Crippen LogP contribution in [0.5, 0.6) is 0 Å². The van der Waals surface area contributed by atoms with Gasteiger partial charge in [0.1, 0.15) is 5.82 Å². The molecule has 1 spiro atoms. The molecule has 1 aliphatic heterocycles. The van der Waals surface area contributed by atoms with Gasteiger partial charge >= 0.3 is 5.97 Å². The van der Waals surface area contributed by atoms with E-state index in [-0.39, 0.29) is 17.3 Å². The maximum Gasteiger partial charge on any atom is 0.335 e. The number of fused-ring (bicyclic) bond motifs is 2. The maximum absolute atomic E-state index is 13.6. The second kappa shape index (κ2) is 7.92. The average molecular weight is 424 g/mol. The van der Waals surface area contributed by atoms with Crippen molar-refractivity contribution in [3.05, 3.63) is 100 Å². The Hall–Kier alpha value is -3.18. The van der Waals surface area contributed by atoms with Crippen LogP contribution in [0.15, 0.2) is 72.8 Å². The molecule has 0 unspecified atom stereocenters. The Morgan fingerprint density at radius 3 is 2.37 bits per heavy atom. The molecular formula is C24H19ClFNO3. The summed E-state index contributed by atoms with van der Waals surface area (Å²) < 4.78 is 13.6. The lowest BCUT2D eigenvalue weighted by Crippen LogP contribution is -2.31. The van der Waals surface area contributed by atoms with Crippen molar-refractivity contribution in [3.63, 3.8) is 0 Å². The fraction of sp³-hybridized carbons (Fsp3) is 0.167. The summed E-state index contributed by atoms with van der Waals surface area (Å²) in [4.78, 5) is 25.5. The minimum Gasteiger partial charge on any atom is -0.478 e. The molecule has 1 fully saturated rings. The summed E-state index contributed by atoms with van der Waals surface area (Å²) in [7, 11) is 0. The second-order valence-corrected chi connectivity index (χ2v) is 7.87. The SMILES string of the molecule is Clc1ccccc1.O=C(O)c1cccc(CN2C(=O)C3(CC3)c3cc(F)ccc32)c1. The third kappa shape index (κ3) is 3.81. The fourth-order valence-electron chi connectivity index (χ4n) is 3.78. The van der Waals surface area contributed by atoms with Crippen molar-refractivity contribution in [1.82, 2.24) is 0 Å². The number of hydrogen-bond acceptors (Lipinski definition) is 2. The van der Waals surface area contributed by atoms with Gasteiger partial charge in [-0.25, -0.2) is 9.18 Å². The first kappa shape index (κ1) is 20.1. The third-order valence-electron chi connectivity index (χ3n) is 5.42. The van der Waals surface area contributed by atoms with Crippen molar-refractivity contribution in [2.24, 2.45) is 0 Å². The molecule has 1 aliphatic carbocycles. The summed E-state index contributed by atoms with van der Waals surface area (Å²) in [5.41, 5.74) is 1.87. The Morgan fingerprint density at radius 1 is 1.03 bits per heavy atom. The minimum absolute atomic E-state index is 0.0150. The van der Waals surface area contributed by atoms with Gasteiger partial charge in [0, 0.05) is 10.7 Å². The summed E-state index contributed by atoms with van der Waals surface area (Å²) in [5, 5.41) is 9.88. The van der Waals surface area contributed by atoms with E-state index in [9.17, 15) is 14.0 Å². The first-order chi connectivity index (χ1) is 14.4.